The Hall–Kier alpha value is -0.960. The second-order valence-corrected chi connectivity index (χ2v) is 7.73. The molecule has 0 bridgehead atoms. The normalized spacial score (nSPS) is 17.4. The summed E-state index contributed by atoms with van der Waals surface area (Å²) in [4.78, 5) is 11.6. The summed E-state index contributed by atoms with van der Waals surface area (Å²) in [6, 6.07) is 6.54. The van der Waals surface area contributed by atoms with Crippen LogP contribution in [0.2, 0.25) is 0 Å². The molecule has 22 heavy (non-hydrogen) atoms. The largest absolute Gasteiger partial charge is 0.469 e. The SMILES string of the molecule is COC(=O)CC(NS(=O)(=O)N1CCCC1)c1ccc(Br)cc1. The zero-order chi connectivity index (χ0) is 16.2. The van der Waals surface area contributed by atoms with Crippen LogP contribution in [0, 0.1) is 0 Å². The standard InChI is InChI=1S/C14H19BrN2O4S/c1-21-14(18)10-13(11-4-6-12(15)7-5-11)16-22(19,20)17-8-2-3-9-17/h4-7,13,16H,2-3,8-10H2,1H3. The van der Waals surface area contributed by atoms with Gasteiger partial charge in [0.25, 0.3) is 10.2 Å². The number of esters is 1. The molecule has 1 saturated heterocycles. The van der Waals surface area contributed by atoms with Crippen LogP contribution in [0.5, 0.6) is 0 Å². The van der Waals surface area contributed by atoms with Gasteiger partial charge in [-0.15, -0.1) is 0 Å². The van der Waals surface area contributed by atoms with Crippen molar-refractivity contribution in [2.24, 2.45) is 0 Å². The highest BCUT2D eigenvalue weighted by molar-refractivity contribution is 9.10. The first-order chi connectivity index (χ1) is 10.4. The first-order valence-electron chi connectivity index (χ1n) is 7.02. The second-order valence-electron chi connectivity index (χ2n) is 5.11. The monoisotopic (exact) mass is 390 g/mol. The van der Waals surface area contributed by atoms with Crippen molar-refractivity contribution >= 4 is 32.1 Å². The summed E-state index contributed by atoms with van der Waals surface area (Å²) < 4.78 is 34.4. The number of nitrogens with zero attached hydrogens (tertiary/aromatic N) is 1. The van der Waals surface area contributed by atoms with Crippen molar-refractivity contribution in [1.82, 2.24) is 9.03 Å². The summed E-state index contributed by atoms with van der Waals surface area (Å²) in [7, 11) is -2.32. The number of hydrogen-bond donors (Lipinski definition) is 1. The van der Waals surface area contributed by atoms with Gasteiger partial charge in [0, 0.05) is 17.6 Å². The van der Waals surface area contributed by atoms with Gasteiger partial charge in [-0.1, -0.05) is 28.1 Å². The Labute approximate surface area is 139 Å². The van der Waals surface area contributed by atoms with Crippen molar-refractivity contribution in [3.8, 4) is 0 Å². The topological polar surface area (TPSA) is 75.7 Å². The van der Waals surface area contributed by atoms with Crippen molar-refractivity contribution in [3.05, 3.63) is 34.3 Å². The van der Waals surface area contributed by atoms with E-state index in [9.17, 15) is 13.2 Å². The number of nitrogens with one attached hydrogen (secondary N) is 1. The highest BCUT2D eigenvalue weighted by atomic mass is 79.9. The van der Waals surface area contributed by atoms with Gasteiger partial charge < -0.3 is 4.74 Å². The quantitative estimate of drug-likeness (QED) is 0.753. The molecule has 0 saturated carbocycles. The average Bonchev–Trinajstić information content (AvgIpc) is 3.02. The van der Waals surface area contributed by atoms with E-state index in [1.165, 1.54) is 11.4 Å². The van der Waals surface area contributed by atoms with Crippen LogP contribution in [-0.4, -0.2) is 38.9 Å². The number of halogens is 1. The summed E-state index contributed by atoms with van der Waals surface area (Å²) in [6.07, 6.45) is 1.67. The van der Waals surface area contributed by atoms with Crippen molar-refractivity contribution < 1.29 is 17.9 Å². The molecule has 0 aliphatic carbocycles. The molecule has 1 heterocycles. The second kappa shape index (κ2) is 7.54. The summed E-state index contributed by atoms with van der Waals surface area (Å²) in [5.74, 6) is -0.461. The minimum atomic E-state index is -3.61. The number of rotatable bonds is 6. The maximum Gasteiger partial charge on any atom is 0.307 e. The maximum atomic E-state index is 12.4. The molecule has 2 rings (SSSR count). The van der Waals surface area contributed by atoms with Crippen molar-refractivity contribution in [2.45, 2.75) is 25.3 Å². The van der Waals surface area contributed by atoms with Crippen LogP contribution in [0.3, 0.4) is 0 Å². The summed E-state index contributed by atoms with van der Waals surface area (Å²) >= 11 is 3.34. The van der Waals surface area contributed by atoms with E-state index in [-0.39, 0.29) is 6.42 Å². The Bertz CT molecular complexity index is 612. The molecular weight excluding hydrogens is 372 g/mol. The van der Waals surface area contributed by atoms with Crippen LogP contribution >= 0.6 is 15.9 Å². The molecule has 0 radical (unpaired) electrons. The summed E-state index contributed by atoms with van der Waals surface area (Å²) in [6.45, 7) is 1.03. The van der Waals surface area contributed by atoms with E-state index in [0.29, 0.717) is 13.1 Å². The van der Waals surface area contributed by atoms with Gasteiger partial charge in [-0.25, -0.2) is 0 Å². The van der Waals surface area contributed by atoms with E-state index < -0.39 is 22.2 Å². The lowest BCUT2D eigenvalue weighted by molar-refractivity contribution is -0.141. The average molecular weight is 391 g/mol. The fourth-order valence-corrected chi connectivity index (χ4v) is 4.09. The van der Waals surface area contributed by atoms with Crippen LogP contribution in [0.15, 0.2) is 28.7 Å². The van der Waals surface area contributed by atoms with Gasteiger partial charge in [0.05, 0.1) is 19.6 Å². The Morgan fingerprint density at radius 1 is 1.32 bits per heavy atom. The molecule has 1 aromatic carbocycles. The molecule has 0 spiro atoms. The lowest BCUT2D eigenvalue weighted by Gasteiger charge is -2.22. The molecule has 0 amide bonds. The van der Waals surface area contributed by atoms with Gasteiger partial charge >= 0.3 is 5.97 Å². The van der Waals surface area contributed by atoms with E-state index in [0.717, 1.165) is 22.9 Å². The van der Waals surface area contributed by atoms with E-state index in [2.05, 4.69) is 25.4 Å². The molecule has 8 heteroatoms. The van der Waals surface area contributed by atoms with Crippen LogP contribution in [0.25, 0.3) is 0 Å². The Balaban J connectivity index is 2.20. The zero-order valence-corrected chi connectivity index (χ0v) is 14.7. The highest BCUT2D eigenvalue weighted by Crippen LogP contribution is 2.23. The van der Waals surface area contributed by atoms with Crippen molar-refractivity contribution in [3.63, 3.8) is 0 Å². The van der Waals surface area contributed by atoms with Crippen LogP contribution in [0.1, 0.15) is 30.9 Å². The van der Waals surface area contributed by atoms with Crippen LogP contribution in [0.4, 0.5) is 0 Å². The van der Waals surface area contributed by atoms with Gasteiger partial charge in [0.1, 0.15) is 0 Å². The number of ether oxygens (including phenoxy) is 1. The highest BCUT2D eigenvalue weighted by Gasteiger charge is 2.29. The van der Waals surface area contributed by atoms with Crippen molar-refractivity contribution in [2.75, 3.05) is 20.2 Å². The lowest BCUT2D eigenvalue weighted by Crippen LogP contribution is -2.41. The number of benzene rings is 1. The van der Waals surface area contributed by atoms with Gasteiger partial charge in [-0.3, -0.25) is 4.79 Å². The first-order valence-corrected chi connectivity index (χ1v) is 9.25. The number of hydrogen-bond acceptors (Lipinski definition) is 4. The molecule has 1 unspecified atom stereocenters. The Kier molecular flexibility index (Phi) is 5.96. The Morgan fingerprint density at radius 2 is 1.91 bits per heavy atom. The van der Waals surface area contributed by atoms with Gasteiger partial charge in [-0.2, -0.15) is 17.4 Å². The fraction of sp³-hybridized carbons (Fsp3) is 0.500. The van der Waals surface area contributed by atoms with Crippen molar-refractivity contribution in [1.29, 1.82) is 0 Å². The first kappa shape index (κ1) is 17.4. The van der Waals surface area contributed by atoms with Gasteiger partial charge in [0.2, 0.25) is 0 Å². The summed E-state index contributed by atoms with van der Waals surface area (Å²) in [5, 5.41) is 0. The third-order valence-corrected chi connectivity index (χ3v) is 5.72. The number of carbonyl (C=O) groups is 1. The third kappa shape index (κ3) is 4.52. The molecular formula is C14H19BrN2O4S. The minimum Gasteiger partial charge on any atom is -0.469 e. The van der Waals surface area contributed by atoms with E-state index in [1.807, 2.05) is 12.1 Å². The number of methoxy groups -OCH3 is 1. The zero-order valence-electron chi connectivity index (χ0n) is 12.3. The fourth-order valence-electron chi connectivity index (χ4n) is 2.36. The molecule has 122 valence electrons. The molecule has 1 aliphatic heterocycles. The smallest absolute Gasteiger partial charge is 0.307 e. The maximum absolute atomic E-state index is 12.4. The van der Waals surface area contributed by atoms with Gasteiger partial charge in [0.15, 0.2) is 0 Å². The lowest BCUT2D eigenvalue weighted by atomic mass is 10.1. The van der Waals surface area contributed by atoms with Gasteiger partial charge in [-0.05, 0) is 30.5 Å². The van der Waals surface area contributed by atoms with Crippen LogP contribution < -0.4 is 4.72 Å². The van der Waals surface area contributed by atoms with E-state index in [4.69, 9.17) is 0 Å². The third-order valence-electron chi connectivity index (χ3n) is 3.57. The molecule has 1 aliphatic rings. The predicted molar refractivity (Wildman–Crippen MR) is 86.4 cm³/mol. The molecule has 1 aromatic rings. The predicted octanol–water partition coefficient (Wildman–Crippen LogP) is 1.98. The van der Waals surface area contributed by atoms with Crippen LogP contribution in [-0.2, 0) is 19.7 Å². The van der Waals surface area contributed by atoms with E-state index >= 15 is 0 Å². The summed E-state index contributed by atoms with van der Waals surface area (Å²) in [5.41, 5.74) is 0.719. The molecule has 6 nitrogen and oxygen atoms in total. The minimum absolute atomic E-state index is 0.0504. The molecule has 1 atom stereocenters. The Morgan fingerprint density at radius 3 is 2.45 bits per heavy atom. The van der Waals surface area contributed by atoms with E-state index in [1.54, 1.807) is 12.1 Å². The number of carbonyl (C=O) groups excluding carboxylic acids is 1. The molecule has 0 aromatic heterocycles. The molecule has 1 fully saturated rings. The molecule has 1 N–H and O–H groups in total.